The van der Waals surface area contributed by atoms with Gasteiger partial charge in [0.05, 0.1) is 5.69 Å². The highest BCUT2D eigenvalue weighted by Gasteiger charge is 1.99. The van der Waals surface area contributed by atoms with Crippen molar-refractivity contribution < 1.29 is 0 Å². The lowest BCUT2D eigenvalue weighted by molar-refractivity contribution is 0.795. The first-order chi connectivity index (χ1) is 6.25. The summed E-state index contributed by atoms with van der Waals surface area (Å²) in [7, 11) is 0. The van der Waals surface area contributed by atoms with Crippen LogP contribution in [0, 0.1) is 10.5 Å². The summed E-state index contributed by atoms with van der Waals surface area (Å²) in [4.78, 5) is 8.29. The van der Waals surface area contributed by atoms with Crippen LogP contribution < -0.4 is 0 Å². The average Bonchev–Trinajstić information content (AvgIpc) is 2.53. The Morgan fingerprint density at radius 2 is 2.00 bits per heavy atom. The SMILES string of the molecule is Cc1ccn(-c2ncc(I)cn2)n1. The number of aromatic nitrogens is 4. The maximum absolute atomic E-state index is 4.20. The van der Waals surface area contributed by atoms with E-state index >= 15 is 0 Å². The highest BCUT2D eigenvalue weighted by molar-refractivity contribution is 14.1. The van der Waals surface area contributed by atoms with Crippen molar-refractivity contribution in [1.29, 1.82) is 0 Å². The van der Waals surface area contributed by atoms with Crippen molar-refractivity contribution in [3.63, 3.8) is 0 Å². The summed E-state index contributed by atoms with van der Waals surface area (Å²) < 4.78 is 2.68. The molecule has 2 aromatic heterocycles. The Morgan fingerprint density at radius 3 is 2.54 bits per heavy atom. The Bertz CT molecular complexity index is 406. The topological polar surface area (TPSA) is 43.6 Å². The van der Waals surface area contributed by atoms with Crippen molar-refractivity contribution in [2.75, 3.05) is 0 Å². The van der Waals surface area contributed by atoms with E-state index in [1.165, 1.54) is 0 Å². The molecular weight excluding hydrogens is 279 g/mol. The number of hydrogen-bond donors (Lipinski definition) is 0. The van der Waals surface area contributed by atoms with Gasteiger partial charge in [0.25, 0.3) is 0 Å². The molecular formula is C8H7IN4. The number of rotatable bonds is 1. The van der Waals surface area contributed by atoms with E-state index in [2.05, 4.69) is 37.7 Å². The van der Waals surface area contributed by atoms with Gasteiger partial charge in [-0.25, -0.2) is 14.6 Å². The third-order valence-corrected chi connectivity index (χ3v) is 2.09. The van der Waals surface area contributed by atoms with Crippen LogP contribution in [0.3, 0.4) is 0 Å². The standard InChI is InChI=1S/C8H7IN4/c1-6-2-3-13(12-6)8-10-4-7(9)5-11-8/h2-5H,1H3. The van der Waals surface area contributed by atoms with Gasteiger partial charge in [-0.05, 0) is 35.6 Å². The van der Waals surface area contributed by atoms with Gasteiger partial charge in [-0.3, -0.25) is 0 Å². The highest BCUT2D eigenvalue weighted by Crippen LogP contribution is 2.03. The van der Waals surface area contributed by atoms with Gasteiger partial charge in [-0.1, -0.05) is 0 Å². The Labute approximate surface area is 89.2 Å². The van der Waals surface area contributed by atoms with Crippen LogP contribution in [0.5, 0.6) is 0 Å². The molecule has 0 atom stereocenters. The maximum atomic E-state index is 4.20. The van der Waals surface area contributed by atoms with E-state index in [-0.39, 0.29) is 0 Å². The average molecular weight is 286 g/mol. The molecule has 0 radical (unpaired) electrons. The first kappa shape index (κ1) is 8.61. The van der Waals surface area contributed by atoms with E-state index in [0.29, 0.717) is 5.95 Å². The van der Waals surface area contributed by atoms with E-state index in [0.717, 1.165) is 9.26 Å². The summed E-state index contributed by atoms with van der Waals surface area (Å²) >= 11 is 2.17. The van der Waals surface area contributed by atoms with Gasteiger partial charge in [0.15, 0.2) is 0 Å². The molecule has 0 saturated heterocycles. The zero-order valence-corrected chi connectivity index (χ0v) is 9.13. The van der Waals surface area contributed by atoms with Crippen molar-refractivity contribution in [2.45, 2.75) is 6.92 Å². The van der Waals surface area contributed by atoms with Gasteiger partial charge in [-0.15, -0.1) is 0 Å². The molecule has 0 aromatic carbocycles. The van der Waals surface area contributed by atoms with Crippen LogP contribution in [0.15, 0.2) is 24.7 Å². The van der Waals surface area contributed by atoms with Crippen LogP contribution in [0.4, 0.5) is 0 Å². The third-order valence-electron chi connectivity index (χ3n) is 1.53. The highest BCUT2D eigenvalue weighted by atomic mass is 127. The molecule has 2 heterocycles. The van der Waals surface area contributed by atoms with Crippen molar-refractivity contribution in [2.24, 2.45) is 0 Å². The maximum Gasteiger partial charge on any atom is 0.250 e. The summed E-state index contributed by atoms with van der Waals surface area (Å²) in [5.41, 5.74) is 0.960. The molecule has 2 aromatic rings. The first-order valence-corrected chi connectivity index (χ1v) is 4.84. The molecule has 0 unspecified atom stereocenters. The smallest absolute Gasteiger partial charge is 0.219 e. The van der Waals surface area contributed by atoms with Crippen LogP contribution >= 0.6 is 22.6 Å². The molecule has 0 spiro atoms. The fourth-order valence-electron chi connectivity index (χ4n) is 0.950. The van der Waals surface area contributed by atoms with Crippen molar-refractivity contribution in [1.82, 2.24) is 19.7 Å². The Kier molecular flexibility index (Phi) is 2.26. The molecule has 0 aliphatic carbocycles. The largest absolute Gasteiger partial charge is 0.250 e. The molecule has 2 rings (SSSR count). The van der Waals surface area contributed by atoms with Gasteiger partial charge in [0, 0.05) is 22.2 Å². The molecule has 0 amide bonds. The van der Waals surface area contributed by atoms with E-state index < -0.39 is 0 Å². The van der Waals surface area contributed by atoms with E-state index in [1.807, 2.05) is 19.2 Å². The van der Waals surface area contributed by atoms with E-state index in [1.54, 1.807) is 17.1 Å². The quantitative estimate of drug-likeness (QED) is 0.747. The van der Waals surface area contributed by atoms with E-state index in [9.17, 15) is 0 Å². The molecule has 13 heavy (non-hydrogen) atoms. The monoisotopic (exact) mass is 286 g/mol. The Hall–Kier alpha value is -0.980. The van der Waals surface area contributed by atoms with Gasteiger partial charge in [0.2, 0.25) is 5.95 Å². The summed E-state index contributed by atoms with van der Waals surface area (Å²) in [5, 5.41) is 4.20. The molecule has 4 nitrogen and oxygen atoms in total. The molecule has 0 saturated carbocycles. The predicted molar refractivity (Wildman–Crippen MR) is 56.6 cm³/mol. The number of hydrogen-bond acceptors (Lipinski definition) is 3. The predicted octanol–water partition coefficient (Wildman–Crippen LogP) is 1.58. The second kappa shape index (κ2) is 3.41. The van der Waals surface area contributed by atoms with Crippen LogP contribution in [-0.4, -0.2) is 19.7 Å². The van der Waals surface area contributed by atoms with Gasteiger partial charge in [-0.2, -0.15) is 5.10 Å². The second-order valence-corrected chi connectivity index (χ2v) is 3.85. The molecule has 5 heteroatoms. The van der Waals surface area contributed by atoms with Crippen LogP contribution in [-0.2, 0) is 0 Å². The van der Waals surface area contributed by atoms with Gasteiger partial charge < -0.3 is 0 Å². The minimum atomic E-state index is 0.605. The van der Waals surface area contributed by atoms with Crippen LogP contribution in [0.25, 0.3) is 5.95 Å². The second-order valence-electron chi connectivity index (χ2n) is 2.60. The number of nitrogens with zero attached hydrogens (tertiary/aromatic N) is 4. The third kappa shape index (κ3) is 1.85. The number of halogens is 1. The fraction of sp³-hybridized carbons (Fsp3) is 0.125. The fourth-order valence-corrected chi connectivity index (χ4v) is 1.23. The van der Waals surface area contributed by atoms with E-state index in [4.69, 9.17) is 0 Å². The molecule has 0 N–H and O–H groups in total. The van der Waals surface area contributed by atoms with Crippen LogP contribution in [0.1, 0.15) is 5.69 Å². The lowest BCUT2D eigenvalue weighted by atomic mass is 10.5. The zero-order chi connectivity index (χ0) is 9.26. The Morgan fingerprint density at radius 1 is 1.31 bits per heavy atom. The zero-order valence-electron chi connectivity index (χ0n) is 6.98. The van der Waals surface area contributed by atoms with Gasteiger partial charge >= 0.3 is 0 Å². The lowest BCUT2D eigenvalue weighted by Gasteiger charge is -1.97. The van der Waals surface area contributed by atoms with Gasteiger partial charge in [0.1, 0.15) is 0 Å². The molecule has 0 bridgehead atoms. The summed E-state index contributed by atoms with van der Waals surface area (Å²) in [6, 6.07) is 1.92. The minimum absolute atomic E-state index is 0.605. The van der Waals surface area contributed by atoms with Crippen LogP contribution in [0.2, 0.25) is 0 Å². The molecule has 0 aliphatic heterocycles. The molecule has 0 fully saturated rings. The lowest BCUT2D eigenvalue weighted by Crippen LogP contribution is -2.01. The normalized spacial score (nSPS) is 10.3. The molecule has 66 valence electrons. The van der Waals surface area contributed by atoms with Crippen molar-refractivity contribution in [3.05, 3.63) is 33.9 Å². The van der Waals surface area contributed by atoms with Crippen molar-refractivity contribution in [3.8, 4) is 5.95 Å². The summed E-state index contributed by atoms with van der Waals surface area (Å²) in [6.45, 7) is 1.93. The first-order valence-electron chi connectivity index (χ1n) is 3.76. The molecule has 0 aliphatic rings. The summed E-state index contributed by atoms with van der Waals surface area (Å²) in [6.07, 6.45) is 5.37. The minimum Gasteiger partial charge on any atom is -0.219 e. The Balaban J connectivity index is 2.41. The number of aryl methyl sites for hydroxylation is 1. The van der Waals surface area contributed by atoms with Crippen molar-refractivity contribution >= 4 is 22.6 Å². The summed E-state index contributed by atoms with van der Waals surface area (Å²) in [5.74, 6) is 0.605.